The molecular weight excluding hydrogens is 383 g/mol. The van der Waals surface area contributed by atoms with Gasteiger partial charge in [-0.15, -0.1) is 0 Å². The molecule has 0 aliphatic carbocycles. The van der Waals surface area contributed by atoms with E-state index in [1.54, 1.807) is 12.1 Å². The highest BCUT2D eigenvalue weighted by Gasteiger charge is 2.23. The van der Waals surface area contributed by atoms with Crippen LogP contribution in [0.2, 0.25) is 10.0 Å². The van der Waals surface area contributed by atoms with Crippen LogP contribution in [0.15, 0.2) is 42.5 Å². The molecule has 0 aliphatic rings. The van der Waals surface area contributed by atoms with Crippen LogP contribution in [0.3, 0.4) is 0 Å². The molecule has 0 unspecified atom stereocenters. The average molecular weight is 401 g/mol. The number of rotatable bonds is 6. The zero-order valence-corrected chi connectivity index (χ0v) is 16.1. The van der Waals surface area contributed by atoms with Gasteiger partial charge in [0.1, 0.15) is 6.54 Å². The number of carbonyl (C=O) groups excluding carboxylic acids is 1. The van der Waals surface area contributed by atoms with Gasteiger partial charge >= 0.3 is 0 Å². The van der Waals surface area contributed by atoms with Crippen LogP contribution in [0.5, 0.6) is 0 Å². The first-order chi connectivity index (χ1) is 11.7. The summed E-state index contributed by atoms with van der Waals surface area (Å²) < 4.78 is 25.1. The van der Waals surface area contributed by atoms with E-state index in [4.69, 9.17) is 23.2 Å². The Morgan fingerprint density at radius 1 is 1.12 bits per heavy atom. The summed E-state index contributed by atoms with van der Waals surface area (Å²) in [6.07, 6.45) is 1.01. The number of amides is 1. The molecule has 0 aromatic heterocycles. The second-order valence-corrected chi connectivity index (χ2v) is 8.24. The summed E-state index contributed by atoms with van der Waals surface area (Å²) in [6, 6.07) is 12.3. The Hall–Kier alpha value is -1.76. The van der Waals surface area contributed by atoms with Gasteiger partial charge in [0.25, 0.3) is 0 Å². The van der Waals surface area contributed by atoms with Gasteiger partial charge in [0.05, 0.1) is 22.0 Å². The lowest BCUT2D eigenvalue weighted by molar-refractivity contribution is -0.119. The SMILES string of the molecule is Cc1ccccc1CNC(=O)CN(c1cccc(Cl)c1Cl)S(C)(=O)=O. The minimum absolute atomic E-state index is 0.0845. The van der Waals surface area contributed by atoms with Gasteiger partial charge in [-0.2, -0.15) is 0 Å². The van der Waals surface area contributed by atoms with E-state index in [0.717, 1.165) is 21.7 Å². The van der Waals surface area contributed by atoms with Crippen molar-refractivity contribution in [1.82, 2.24) is 5.32 Å². The van der Waals surface area contributed by atoms with Gasteiger partial charge in [0.2, 0.25) is 15.9 Å². The van der Waals surface area contributed by atoms with Crippen molar-refractivity contribution >= 4 is 44.8 Å². The first-order valence-corrected chi connectivity index (χ1v) is 10.0. The lowest BCUT2D eigenvalue weighted by Crippen LogP contribution is -2.40. The van der Waals surface area contributed by atoms with Gasteiger partial charge in [-0.05, 0) is 30.2 Å². The Morgan fingerprint density at radius 3 is 2.44 bits per heavy atom. The molecule has 0 fully saturated rings. The Balaban J connectivity index is 2.17. The smallest absolute Gasteiger partial charge is 0.241 e. The molecule has 0 heterocycles. The number of halogens is 2. The van der Waals surface area contributed by atoms with E-state index in [1.165, 1.54) is 6.07 Å². The molecule has 1 N–H and O–H groups in total. The van der Waals surface area contributed by atoms with Gasteiger partial charge < -0.3 is 5.32 Å². The summed E-state index contributed by atoms with van der Waals surface area (Å²) in [5.74, 6) is -0.440. The lowest BCUT2D eigenvalue weighted by Gasteiger charge is -2.23. The van der Waals surface area contributed by atoms with Crippen molar-refractivity contribution in [2.24, 2.45) is 0 Å². The van der Waals surface area contributed by atoms with E-state index in [2.05, 4.69) is 5.32 Å². The highest BCUT2D eigenvalue weighted by molar-refractivity contribution is 7.92. The van der Waals surface area contributed by atoms with Gasteiger partial charge in [-0.1, -0.05) is 53.5 Å². The third-order valence-electron chi connectivity index (χ3n) is 3.62. The number of benzene rings is 2. The molecule has 5 nitrogen and oxygen atoms in total. The molecule has 1 amide bonds. The highest BCUT2D eigenvalue weighted by atomic mass is 35.5. The third-order valence-corrected chi connectivity index (χ3v) is 5.56. The number of carbonyl (C=O) groups is 1. The molecule has 134 valence electrons. The standard InChI is InChI=1S/C17H18Cl2N2O3S/c1-12-6-3-4-7-13(12)10-20-16(22)11-21(25(2,23)24)15-9-5-8-14(18)17(15)19/h3-9H,10-11H2,1-2H3,(H,20,22). The van der Waals surface area contributed by atoms with Crippen LogP contribution in [0.4, 0.5) is 5.69 Å². The van der Waals surface area contributed by atoms with E-state index in [9.17, 15) is 13.2 Å². The van der Waals surface area contributed by atoms with E-state index in [-0.39, 0.29) is 22.3 Å². The molecule has 0 saturated heterocycles. The predicted octanol–water partition coefficient (Wildman–Crippen LogP) is 3.38. The quantitative estimate of drug-likeness (QED) is 0.807. The predicted molar refractivity (Wildman–Crippen MR) is 102 cm³/mol. The summed E-state index contributed by atoms with van der Waals surface area (Å²) >= 11 is 12.1. The molecule has 25 heavy (non-hydrogen) atoms. The molecule has 0 radical (unpaired) electrons. The van der Waals surface area contributed by atoms with Crippen molar-refractivity contribution < 1.29 is 13.2 Å². The van der Waals surface area contributed by atoms with Gasteiger partial charge in [-0.3, -0.25) is 9.10 Å². The molecule has 0 atom stereocenters. The first kappa shape index (κ1) is 19.6. The Bertz CT molecular complexity index is 885. The number of hydrogen-bond donors (Lipinski definition) is 1. The van der Waals surface area contributed by atoms with Crippen molar-refractivity contribution in [3.05, 3.63) is 63.6 Å². The fourth-order valence-corrected chi connectivity index (χ4v) is 3.56. The number of sulfonamides is 1. The average Bonchev–Trinajstić information content (AvgIpc) is 2.54. The molecule has 8 heteroatoms. The van der Waals surface area contributed by atoms with Crippen LogP contribution < -0.4 is 9.62 Å². The normalized spacial score (nSPS) is 11.2. The van der Waals surface area contributed by atoms with Crippen LogP contribution in [-0.2, 0) is 21.4 Å². The van der Waals surface area contributed by atoms with Crippen LogP contribution in [-0.4, -0.2) is 27.1 Å². The third kappa shape index (κ3) is 5.11. The van der Waals surface area contributed by atoms with Crippen molar-refractivity contribution in [2.75, 3.05) is 17.1 Å². The summed E-state index contributed by atoms with van der Waals surface area (Å²) in [6.45, 7) is 1.87. The summed E-state index contributed by atoms with van der Waals surface area (Å²) in [5, 5.41) is 3.03. The second-order valence-electron chi connectivity index (χ2n) is 5.55. The maximum atomic E-state index is 12.3. The van der Waals surface area contributed by atoms with E-state index in [1.807, 2.05) is 31.2 Å². The second kappa shape index (κ2) is 8.08. The van der Waals surface area contributed by atoms with Gasteiger partial charge in [0.15, 0.2) is 0 Å². The number of nitrogens with one attached hydrogen (secondary N) is 1. The highest BCUT2D eigenvalue weighted by Crippen LogP contribution is 2.33. The van der Waals surface area contributed by atoms with Gasteiger partial charge in [-0.25, -0.2) is 8.42 Å². The zero-order valence-electron chi connectivity index (χ0n) is 13.8. The largest absolute Gasteiger partial charge is 0.350 e. The number of hydrogen-bond acceptors (Lipinski definition) is 3. The molecule has 0 bridgehead atoms. The molecule has 0 aliphatic heterocycles. The maximum Gasteiger partial charge on any atom is 0.241 e. The molecule has 2 rings (SSSR count). The minimum atomic E-state index is -3.71. The number of nitrogens with zero attached hydrogens (tertiary/aromatic N) is 1. The van der Waals surface area contributed by atoms with Crippen LogP contribution in [0.1, 0.15) is 11.1 Å². The number of anilines is 1. The fourth-order valence-electron chi connectivity index (χ4n) is 2.25. The molecular formula is C17H18Cl2N2O3S. The van der Waals surface area contributed by atoms with Crippen LogP contribution in [0, 0.1) is 6.92 Å². The van der Waals surface area contributed by atoms with Crippen molar-refractivity contribution in [2.45, 2.75) is 13.5 Å². The monoisotopic (exact) mass is 400 g/mol. The first-order valence-electron chi connectivity index (χ1n) is 7.43. The molecule has 2 aromatic carbocycles. The fraction of sp³-hybridized carbons (Fsp3) is 0.235. The lowest BCUT2D eigenvalue weighted by atomic mass is 10.1. The van der Waals surface area contributed by atoms with Crippen LogP contribution in [0.25, 0.3) is 0 Å². The number of aryl methyl sites for hydroxylation is 1. The summed E-state index contributed by atoms with van der Waals surface area (Å²) in [4.78, 5) is 12.3. The van der Waals surface area contributed by atoms with Crippen molar-refractivity contribution in [3.8, 4) is 0 Å². The molecule has 0 spiro atoms. The zero-order chi connectivity index (χ0) is 18.6. The Labute approximate surface area is 157 Å². The van der Waals surface area contributed by atoms with Crippen molar-refractivity contribution in [1.29, 1.82) is 0 Å². The van der Waals surface area contributed by atoms with Crippen molar-refractivity contribution in [3.63, 3.8) is 0 Å². The summed E-state index contributed by atoms with van der Waals surface area (Å²) in [5.41, 5.74) is 2.17. The topological polar surface area (TPSA) is 66.5 Å². The van der Waals surface area contributed by atoms with E-state index < -0.39 is 15.9 Å². The van der Waals surface area contributed by atoms with E-state index in [0.29, 0.717) is 6.54 Å². The maximum absolute atomic E-state index is 12.3. The Kier molecular flexibility index (Phi) is 6.32. The summed E-state index contributed by atoms with van der Waals surface area (Å²) in [7, 11) is -3.71. The molecule has 0 saturated carbocycles. The minimum Gasteiger partial charge on any atom is -0.350 e. The molecule has 2 aromatic rings. The van der Waals surface area contributed by atoms with Crippen LogP contribution >= 0.6 is 23.2 Å². The van der Waals surface area contributed by atoms with E-state index >= 15 is 0 Å². The Morgan fingerprint density at radius 2 is 1.80 bits per heavy atom. The van der Waals surface area contributed by atoms with Gasteiger partial charge in [0, 0.05) is 6.54 Å².